The van der Waals surface area contributed by atoms with E-state index in [-0.39, 0.29) is 18.2 Å². The molecule has 0 radical (unpaired) electrons. The summed E-state index contributed by atoms with van der Waals surface area (Å²) in [6, 6.07) is 4.88. The van der Waals surface area contributed by atoms with Crippen LogP contribution in [-0.4, -0.2) is 72.3 Å². The first kappa shape index (κ1) is 21.2. The van der Waals surface area contributed by atoms with E-state index >= 15 is 0 Å². The highest BCUT2D eigenvalue weighted by Gasteiger charge is 2.31. The van der Waals surface area contributed by atoms with Gasteiger partial charge in [0.2, 0.25) is 11.8 Å². The van der Waals surface area contributed by atoms with Gasteiger partial charge in [-0.1, -0.05) is 18.2 Å². The van der Waals surface area contributed by atoms with Crippen LogP contribution in [0, 0.1) is 0 Å². The third-order valence-electron chi connectivity index (χ3n) is 4.81. The average Bonchev–Trinajstić information content (AvgIpc) is 2.63. The lowest BCUT2D eigenvalue weighted by Crippen LogP contribution is -2.51. The Balaban J connectivity index is 1.86. The summed E-state index contributed by atoms with van der Waals surface area (Å²) in [6.45, 7) is 7.67. The second-order valence-corrected chi connectivity index (χ2v) is 6.60. The van der Waals surface area contributed by atoms with Gasteiger partial charge in [0.05, 0.1) is 18.5 Å². The lowest BCUT2D eigenvalue weighted by Gasteiger charge is -2.35. The summed E-state index contributed by atoms with van der Waals surface area (Å²) >= 11 is 0. The van der Waals surface area contributed by atoms with Gasteiger partial charge < -0.3 is 9.80 Å². The topological polar surface area (TPSA) is 43.9 Å². The molecular formula is C19H26F3N3O2. The Morgan fingerprint density at radius 1 is 1.07 bits per heavy atom. The molecule has 1 aromatic rings. The average molecular weight is 385 g/mol. The first-order valence-corrected chi connectivity index (χ1v) is 9.18. The van der Waals surface area contributed by atoms with E-state index in [9.17, 15) is 22.8 Å². The summed E-state index contributed by atoms with van der Waals surface area (Å²) in [5.74, 6) is -0.118. The van der Waals surface area contributed by atoms with Gasteiger partial charge in [-0.15, -0.1) is 0 Å². The van der Waals surface area contributed by atoms with Gasteiger partial charge in [0, 0.05) is 39.3 Å². The van der Waals surface area contributed by atoms with Gasteiger partial charge in [0.1, 0.15) is 0 Å². The highest BCUT2D eigenvalue weighted by molar-refractivity contribution is 5.79. The summed E-state index contributed by atoms with van der Waals surface area (Å²) < 4.78 is 38.4. The van der Waals surface area contributed by atoms with E-state index in [0.29, 0.717) is 51.4 Å². The lowest BCUT2D eigenvalue weighted by atomic mass is 10.1. The molecule has 0 N–H and O–H groups in total. The van der Waals surface area contributed by atoms with Gasteiger partial charge in [0.15, 0.2) is 0 Å². The van der Waals surface area contributed by atoms with Gasteiger partial charge in [-0.25, -0.2) is 0 Å². The molecule has 0 saturated carbocycles. The van der Waals surface area contributed by atoms with Crippen molar-refractivity contribution in [2.24, 2.45) is 0 Å². The molecule has 0 aliphatic carbocycles. The van der Waals surface area contributed by atoms with Crippen molar-refractivity contribution in [2.45, 2.75) is 26.4 Å². The number of benzene rings is 1. The Kier molecular flexibility index (Phi) is 7.24. The molecule has 0 unspecified atom stereocenters. The summed E-state index contributed by atoms with van der Waals surface area (Å²) in [6.07, 6.45) is -4.47. The SMILES string of the molecule is CCN(CC)C(=O)CN1CCN(C(=O)Cc2cccc(C(F)(F)F)c2)CC1. The molecule has 0 spiro atoms. The van der Waals surface area contributed by atoms with Crippen molar-refractivity contribution in [1.82, 2.24) is 14.7 Å². The van der Waals surface area contributed by atoms with Crippen LogP contribution in [0.15, 0.2) is 24.3 Å². The number of hydrogen-bond acceptors (Lipinski definition) is 3. The zero-order valence-corrected chi connectivity index (χ0v) is 15.8. The first-order valence-electron chi connectivity index (χ1n) is 9.18. The van der Waals surface area contributed by atoms with Crippen LogP contribution in [-0.2, 0) is 22.2 Å². The number of hydrogen-bond donors (Lipinski definition) is 0. The van der Waals surface area contributed by atoms with Crippen molar-refractivity contribution in [3.05, 3.63) is 35.4 Å². The number of nitrogens with zero attached hydrogens (tertiary/aromatic N) is 3. The Labute approximate surface area is 157 Å². The first-order chi connectivity index (χ1) is 12.7. The minimum absolute atomic E-state index is 0.0533. The zero-order valence-electron chi connectivity index (χ0n) is 15.8. The van der Waals surface area contributed by atoms with Crippen molar-refractivity contribution in [2.75, 3.05) is 45.8 Å². The molecule has 1 heterocycles. The van der Waals surface area contributed by atoms with Gasteiger partial charge in [-0.2, -0.15) is 13.2 Å². The van der Waals surface area contributed by atoms with E-state index in [4.69, 9.17) is 0 Å². The molecule has 0 atom stereocenters. The molecule has 0 aromatic heterocycles. The number of carbonyl (C=O) groups excluding carboxylic acids is 2. The van der Waals surface area contributed by atoms with Gasteiger partial charge >= 0.3 is 6.18 Å². The lowest BCUT2D eigenvalue weighted by molar-refractivity contribution is -0.138. The fraction of sp³-hybridized carbons (Fsp3) is 0.579. The summed E-state index contributed by atoms with van der Waals surface area (Å²) in [4.78, 5) is 30.0. The molecule has 8 heteroatoms. The molecule has 27 heavy (non-hydrogen) atoms. The molecule has 1 aliphatic heterocycles. The number of alkyl halides is 3. The molecule has 0 bridgehead atoms. The molecule has 1 fully saturated rings. The van der Waals surface area contributed by atoms with E-state index in [0.717, 1.165) is 12.1 Å². The second-order valence-electron chi connectivity index (χ2n) is 6.60. The normalized spacial score (nSPS) is 15.7. The zero-order chi connectivity index (χ0) is 20.0. The standard InChI is InChI=1S/C19H26F3N3O2/c1-3-24(4-2)18(27)14-23-8-10-25(11-9-23)17(26)13-15-6-5-7-16(12-15)19(20,21)22/h5-7,12H,3-4,8-11,13-14H2,1-2H3. The molecular weight excluding hydrogens is 359 g/mol. The van der Waals surface area contributed by atoms with Crippen LogP contribution in [0.1, 0.15) is 25.0 Å². The van der Waals surface area contributed by atoms with Crippen molar-refractivity contribution in [1.29, 1.82) is 0 Å². The number of likely N-dealkylation sites (N-methyl/N-ethyl adjacent to an activating group) is 1. The van der Waals surface area contributed by atoms with Crippen LogP contribution in [0.5, 0.6) is 0 Å². The van der Waals surface area contributed by atoms with Crippen molar-refractivity contribution in [3.63, 3.8) is 0 Å². The molecule has 1 saturated heterocycles. The fourth-order valence-electron chi connectivity index (χ4n) is 3.17. The van der Waals surface area contributed by atoms with E-state index in [1.165, 1.54) is 12.1 Å². The minimum Gasteiger partial charge on any atom is -0.342 e. The molecule has 150 valence electrons. The quantitative estimate of drug-likeness (QED) is 0.755. The maximum absolute atomic E-state index is 12.8. The van der Waals surface area contributed by atoms with Crippen LogP contribution >= 0.6 is 0 Å². The van der Waals surface area contributed by atoms with E-state index in [1.807, 2.05) is 18.7 Å². The molecule has 1 aliphatic rings. The second kappa shape index (κ2) is 9.21. The maximum Gasteiger partial charge on any atom is 0.416 e. The number of piperazine rings is 1. The Hall–Kier alpha value is -2.09. The Morgan fingerprint density at radius 2 is 1.70 bits per heavy atom. The predicted molar refractivity (Wildman–Crippen MR) is 96.1 cm³/mol. The van der Waals surface area contributed by atoms with Crippen LogP contribution in [0.3, 0.4) is 0 Å². The van der Waals surface area contributed by atoms with Gasteiger partial charge in [-0.05, 0) is 25.5 Å². The van der Waals surface area contributed by atoms with Crippen LogP contribution in [0.4, 0.5) is 13.2 Å². The van der Waals surface area contributed by atoms with Crippen LogP contribution in [0.2, 0.25) is 0 Å². The summed E-state index contributed by atoms with van der Waals surface area (Å²) in [7, 11) is 0. The number of halogens is 3. The van der Waals surface area contributed by atoms with Crippen molar-refractivity contribution in [3.8, 4) is 0 Å². The molecule has 2 amide bonds. The largest absolute Gasteiger partial charge is 0.416 e. The van der Waals surface area contributed by atoms with E-state index in [1.54, 1.807) is 9.80 Å². The molecule has 1 aromatic carbocycles. The predicted octanol–water partition coefficient (Wildman–Crippen LogP) is 2.26. The third-order valence-corrected chi connectivity index (χ3v) is 4.81. The van der Waals surface area contributed by atoms with Gasteiger partial charge in [0.25, 0.3) is 0 Å². The smallest absolute Gasteiger partial charge is 0.342 e. The van der Waals surface area contributed by atoms with E-state index in [2.05, 4.69) is 0 Å². The summed E-state index contributed by atoms with van der Waals surface area (Å²) in [5, 5.41) is 0. The fourth-order valence-corrected chi connectivity index (χ4v) is 3.17. The van der Waals surface area contributed by atoms with Crippen molar-refractivity contribution >= 4 is 11.8 Å². The van der Waals surface area contributed by atoms with E-state index < -0.39 is 11.7 Å². The monoisotopic (exact) mass is 385 g/mol. The number of carbonyl (C=O) groups is 2. The number of amides is 2. The highest BCUT2D eigenvalue weighted by atomic mass is 19.4. The summed E-state index contributed by atoms with van der Waals surface area (Å²) in [5.41, 5.74) is -0.388. The number of rotatable bonds is 6. The molecule has 5 nitrogen and oxygen atoms in total. The van der Waals surface area contributed by atoms with Crippen LogP contribution < -0.4 is 0 Å². The Morgan fingerprint density at radius 3 is 2.26 bits per heavy atom. The maximum atomic E-state index is 12.8. The minimum atomic E-state index is -4.41. The third kappa shape index (κ3) is 5.95. The van der Waals surface area contributed by atoms with Crippen LogP contribution in [0.25, 0.3) is 0 Å². The molecule has 2 rings (SSSR count). The Bertz CT molecular complexity index is 652. The van der Waals surface area contributed by atoms with Gasteiger partial charge in [-0.3, -0.25) is 14.5 Å². The van der Waals surface area contributed by atoms with Crippen molar-refractivity contribution < 1.29 is 22.8 Å². The highest BCUT2D eigenvalue weighted by Crippen LogP contribution is 2.29.